The topological polar surface area (TPSA) is 29.5 Å². The average molecular weight is 540 g/mol. The minimum atomic E-state index is -4.52. The monoisotopic (exact) mass is 539 g/mol. The van der Waals surface area contributed by atoms with E-state index in [1.54, 1.807) is 48.5 Å². The molecule has 10 heteroatoms. The first-order chi connectivity index (χ1) is 16.1. The van der Waals surface area contributed by atoms with Crippen molar-refractivity contribution in [1.29, 1.82) is 0 Å². The van der Waals surface area contributed by atoms with E-state index in [1.807, 2.05) is 0 Å². The van der Waals surface area contributed by atoms with Gasteiger partial charge >= 0.3 is 6.18 Å². The Kier molecular flexibility index (Phi) is 7.23. The summed E-state index contributed by atoms with van der Waals surface area (Å²) in [6.07, 6.45) is -2.89. The maximum atomic E-state index is 13.1. The Labute approximate surface area is 213 Å². The van der Waals surface area contributed by atoms with Crippen molar-refractivity contribution in [2.45, 2.75) is 12.8 Å². The molecule has 0 unspecified atom stereocenters. The number of halogens is 5. The predicted molar refractivity (Wildman–Crippen MR) is 134 cm³/mol. The van der Waals surface area contributed by atoms with Gasteiger partial charge in [0.15, 0.2) is 4.32 Å². The van der Waals surface area contributed by atoms with Gasteiger partial charge in [0, 0.05) is 15.6 Å². The fraction of sp³-hybridized carbons (Fsp3) is 0.0833. The minimum absolute atomic E-state index is 0.0744. The molecule has 0 atom stereocenters. The van der Waals surface area contributed by atoms with E-state index in [2.05, 4.69) is 0 Å². The highest BCUT2D eigenvalue weighted by Gasteiger charge is 2.36. The number of thiocarbonyl (C=S) groups is 1. The van der Waals surface area contributed by atoms with Gasteiger partial charge < -0.3 is 4.74 Å². The zero-order valence-corrected chi connectivity index (χ0v) is 20.3. The Morgan fingerprint density at radius 3 is 2.44 bits per heavy atom. The fourth-order valence-electron chi connectivity index (χ4n) is 3.12. The molecular formula is C24H14Cl2F3NO2S2. The summed E-state index contributed by atoms with van der Waals surface area (Å²) in [6.45, 7) is 0.255. The first kappa shape index (κ1) is 24.6. The Hall–Kier alpha value is -2.52. The molecule has 0 aliphatic carbocycles. The number of carbonyl (C=O) groups excluding carboxylic acids is 1. The van der Waals surface area contributed by atoms with Crippen LogP contribution in [0.1, 0.15) is 16.7 Å². The van der Waals surface area contributed by atoms with Crippen molar-refractivity contribution in [3.05, 3.63) is 98.4 Å². The van der Waals surface area contributed by atoms with Gasteiger partial charge in [0.05, 0.1) is 16.2 Å². The van der Waals surface area contributed by atoms with Gasteiger partial charge in [0.2, 0.25) is 0 Å². The number of thioether (sulfide) groups is 1. The number of benzene rings is 3. The smallest absolute Gasteiger partial charge is 0.416 e. The van der Waals surface area contributed by atoms with Crippen molar-refractivity contribution in [2.24, 2.45) is 0 Å². The molecule has 0 bridgehead atoms. The molecule has 4 rings (SSSR count). The van der Waals surface area contributed by atoms with Gasteiger partial charge in [-0.1, -0.05) is 71.4 Å². The summed E-state index contributed by atoms with van der Waals surface area (Å²) in [5, 5.41) is 1.04. The molecule has 0 N–H and O–H groups in total. The van der Waals surface area contributed by atoms with Gasteiger partial charge in [-0.3, -0.25) is 9.69 Å². The molecule has 0 saturated carbocycles. The van der Waals surface area contributed by atoms with Crippen molar-refractivity contribution < 1.29 is 22.7 Å². The van der Waals surface area contributed by atoms with Crippen molar-refractivity contribution in [1.82, 2.24) is 0 Å². The maximum Gasteiger partial charge on any atom is 0.416 e. The Bertz CT molecular complexity index is 1290. The molecular weight excluding hydrogens is 526 g/mol. The second-order valence-corrected chi connectivity index (χ2v) is 9.68. The van der Waals surface area contributed by atoms with Gasteiger partial charge in [-0.25, -0.2) is 0 Å². The van der Waals surface area contributed by atoms with E-state index in [0.29, 0.717) is 26.3 Å². The van der Waals surface area contributed by atoms with Crippen molar-refractivity contribution >= 4 is 69.2 Å². The van der Waals surface area contributed by atoms with Crippen LogP contribution in [0.5, 0.6) is 5.75 Å². The van der Waals surface area contributed by atoms with Crippen LogP contribution >= 0.6 is 47.2 Å². The lowest BCUT2D eigenvalue weighted by atomic mass is 10.1. The summed E-state index contributed by atoms with van der Waals surface area (Å²) in [4.78, 5) is 14.3. The fourth-order valence-corrected chi connectivity index (χ4v) is 4.89. The van der Waals surface area contributed by atoms with E-state index in [1.165, 1.54) is 12.1 Å². The molecule has 174 valence electrons. The van der Waals surface area contributed by atoms with Gasteiger partial charge in [-0.05, 0) is 54.1 Å². The summed E-state index contributed by atoms with van der Waals surface area (Å²) in [5.41, 5.74) is 0.721. The van der Waals surface area contributed by atoms with Crippen LogP contribution in [0.3, 0.4) is 0 Å². The second-order valence-electron chi connectivity index (χ2n) is 7.16. The normalized spacial score (nSPS) is 15.3. The second kappa shape index (κ2) is 10.00. The Balaban J connectivity index is 1.47. The Morgan fingerprint density at radius 2 is 1.76 bits per heavy atom. The average Bonchev–Trinajstić information content (AvgIpc) is 3.06. The molecule has 3 aromatic rings. The van der Waals surface area contributed by atoms with Gasteiger partial charge in [-0.2, -0.15) is 13.2 Å². The molecule has 0 spiro atoms. The van der Waals surface area contributed by atoms with E-state index in [9.17, 15) is 18.0 Å². The Morgan fingerprint density at radius 1 is 1.03 bits per heavy atom. The number of amides is 1. The van der Waals surface area contributed by atoms with Crippen LogP contribution in [0.25, 0.3) is 6.08 Å². The SMILES string of the molecule is O=C1/C(=C/c2ccc(OCc3ccc(Cl)cc3Cl)cc2)SC(=S)N1c1cccc(C(F)(F)F)c1. The lowest BCUT2D eigenvalue weighted by Crippen LogP contribution is -2.27. The third kappa shape index (κ3) is 5.58. The van der Waals surface area contributed by atoms with E-state index < -0.39 is 17.6 Å². The third-order valence-corrected chi connectivity index (χ3v) is 6.70. The quantitative estimate of drug-likeness (QED) is 0.242. The molecule has 1 aliphatic rings. The predicted octanol–water partition coefficient (Wildman–Crippen LogP) is 8.00. The van der Waals surface area contributed by atoms with Crippen LogP contribution in [-0.2, 0) is 17.6 Å². The van der Waals surface area contributed by atoms with E-state index in [0.717, 1.165) is 34.4 Å². The molecule has 3 nitrogen and oxygen atoms in total. The maximum absolute atomic E-state index is 13.1. The van der Waals surface area contributed by atoms with Crippen LogP contribution in [0.2, 0.25) is 10.0 Å². The highest BCUT2D eigenvalue weighted by Crippen LogP contribution is 2.38. The molecule has 1 aliphatic heterocycles. The van der Waals surface area contributed by atoms with Crippen LogP contribution < -0.4 is 9.64 Å². The third-order valence-electron chi connectivity index (χ3n) is 4.81. The largest absolute Gasteiger partial charge is 0.489 e. The van der Waals surface area contributed by atoms with Crippen LogP contribution in [0.4, 0.5) is 18.9 Å². The van der Waals surface area contributed by atoms with Crippen LogP contribution in [0, 0.1) is 0 Å². The summed E-state index contributed by atoms with van der Waals surface area (Å²) < 4.78 is 45.1. The lowest BCUT2D eigenvalue weighted by molar-refractivity contribution is -0.137. The number of alkyl halides is 3. The highest BCUT2D eigenvalue weighted by atomic mass is 35.5. The number of ether oxygens (including phenoxy) is 1. The summed E-state index contributed by atoms with van der Waals surface area (Å²) in [7, 11) is 0. The number of rotatable bonds is 5. The minimum Gasteiger partial charge on any atom is -0.489 e. The summed E-state index contributed by atoms with van der Waals surface area (Å²) in [6, 6.07) is 16.7. The van der Waals surface area contributed by atoms with E-state index in [-0.39, 0.29) is 16.6 Å². The van der Waals surface area contributed by atoms with Gasteiger partial charge in [0.25, 0.3) is 5.91 Å². The summed E-state index contributed by atoms with van der Waals surface area (Å²) >= 11 is 18.3. The zero-order chi connectivity index (χ0) is 24.5. The van der Waals surface area contributed by atoms with Gasteiger partial charge in [-0.15, -0.1) is 0 Å². The number of nitrogens with zero attached hydrogens (tertiary/aromatic N) is 1. The zero-order valence-electron chi connectivity index (χ0n) is 17.1. The molecule has 0 aromatic heterocycles. The highest BCUT2D eigenvalue weighted by molar-refractivity contribution is 8.27. The lowest BCUT2D eigenvalue weighted by Gasteiger charge is -2.16. The van der Waals surface area contributed by atoms with Crippen molar-refractivity contribution in [2.75, 3.05) is 4.90 Å². The number of anilines is 1. The van der Waals surface area contributed by atoms with Crippen LogP contribution in [-0.4, -0.2) is 10.2 Å². The van der Waals surface area contributed by atoms with Crippen molar-refractivity contribution in [3.63, 3.8) is 0 Å². The molecule has 1 amide bonds. The number of carbonyl (C=O) groups is 1. The number of hydrogen-bond acceptors (Lipinski definition) is 4. The molecule has 3 aromatic carbocycles. The van der Waals surface area contributed by atoms with Crippen molar-refractivity contribution in [3.8, 4) is 5.75 Å². The van der Waals surface area contributed by atoms with E-state index in [4.69, 9.17) is 40.2 Å². The molecule has 0 radical (unpaired) electrons. The van der Waals surface area contributed by atoms with E-state index >= 15 is 0 Å². The number of hydrogen-bond donors (Lipinski definition) is 0. The molecule has 1 heterocycles. The molecule has 1 fully saturated rings. The first-order valence-corrected chi connectivity index (χ1v) is 11.7. The first-order valence-electron chi connectivity index (χ1n) is 9.74. The van der Waals surface area contributed by atoms with Crippen LogP contribution in [0.15, 0.2) is 71.6 Å². The molecule has 1 saturated heterocycles. The molecule has 34 heavy (non-hydrogen) atoms. The standard InChI is InChI=1S/C24H14Cl2F3NO2S2/c25-17-7-6-15(20(26)12-17)13-32-19-8-4-14(5-9-19)10-21-22(31)30(23(33)34-21)18-3-1-2-16(11-18)24(27,28)29/h1-12H,13H2/b21-10-. The summed E-state index contributed by atoms with van der Waals surface area (Å²) in [5.74, 6) is 0.117. The van der Waals surface area contributed by atoms with Gasteiger partial charge in [0.1, 0.15) is 12.4 Å².